The number of rotatable bonds is 2. The van der Waals surface area contributed by atoms with E-state index in [0.717, 1.165) is 0 Å². The van der Waals surface area contributed by atoms with E-state index >= 15 is 0 Å². The number of fused-ring (bicyclic) bond motifs is 1. The lowest BCUT2D eigenvalue weighted by atomic mass is 9.78. The Morgan fingerprint density at radius 3 is 2.63 bits per heavy atom. The Bertz CT molecular complexity index is 510. The van der Waals surface area contributed by atoms with E-state index in [4.69, 9.17) is 0 Å². The number of aryl methyl sites for hydroxylation is 1. The molecule has 1 aromatic rings. The molecule has 0 aliphatic heterocycles. The number of hydrogen-bond donors (Lipinski definition) is 1. The summed E-state index contributed by atoms with van der Waals surface area (Å²) in [6.45, 7) is 1.31. The topological polar surface area (TPSA) is 46.5 Å². The van der Waals surface area contributed by atoms with E-state index in [-0.39, 0.29) is 24.4 Å². The molecule has 0 saturated carbocycles. The Labute approximate surface area is 108 Å². The van der Waals surface area contributed by atoms with Crippen LogP contribution < -0.4 is 4.74 Å². The van der Waals surface area contributed by atoms with Crippen LogP contribution in [-0.2, 0) is 17.6 Å². The minimum Gasteiger partial charge on any atom is -0.406 e. The number of hydrogen-bond acceptors (Lipinski definition) is 3. The highest BCUT2D eigenvalue weighted by molar-refractivity contribution is 5.85. The summed E-state index contributed by atoms with van der Waals surface area (Å²) in [5, 5.41) is 10.1. The SMILES string of the molecule is CC(=O)C1(O)CCc2cc(OC(F)(F)F)ccc2C1. The van der Waals surface area contributed by atoms with Crippen LogP contribution in [0, 0.1) is 0 Å². The van der Waals surface area contributed by atoms with Crippen LogP contribution in [0.4, 0.5) is 13.2 Å². The Morgan fingerprint density at radius 1 is 1.37 bits per heavy atom. The maximum Gasteiger partial charge on any atom is 0.573 e. The number of carbonyl (C=O) groups excluding carboxylic acids is 1. The molecule has 1 unspecified atom stereocenters. The van der Waals surface area contributed by atoms with Crippen molar-refractivity contribution in [3.63, 3.8) is 0 Å². The lowest BCUT2D eigenvalue weighted by molar-refractivity contribution is -0.274. The maximum absolute atomic E-state index is 12.1. The number of ether oxygens (including phenoxy) is 1. The molecule has 0 spiro atoms. The van der Waals surface area contributed by atoms with Gasteiger partial charge in [-0.25, -0.2) is 0 Å². The second kappa shape index (κ2) is 4.52. The number of aliphatic hydroxyl groups is 1. The van der Waals surface area contributed by atoms with E-state index in [0.29, 0.717) is 17.5 Å². The van der Waals surface area contributed by atoms with Gasteiger partial charge in [0.2, 0.25) is 0 Å². The van der Waals surface area contributed by atoms with E-state index < -0.39 is 12.0 Å². The second-order valence-electron chi connectivity index (χ2n) is 4.74. The van der Waals surface area contributed by atoms with Gasteiger partial charge in [-0.05, 0) is 43.0 Å². The average molecular weight is 274 g/mol. The zero-order valence-corrected chi connectivity index (χ0v) is 10.3. The maximum atomic E-state index is 12.1. The fraction of sp³-hybridized carbons (Fsp3) is 0.462. The number of halogens is 3. The van der Waals surface area contributed by atoms with Crippen molar-refractivity contribution in [3.8, 4) is 5.75 Å². The first kappa shape index (κ1) is 13.9. The first-order chi connectivity index (χ1) is 8.70. The van der Waals surface area contributed by atoms with Crippen molar-refractivity contribution < 1.29 is 27.8 Å². The summed E-state index contributed by atoms with van der Waals surface area (Å²) in [5.41, 5.74) is -0.0505. The summed E-state index contributed by atoms with van der Waals surface area (Å²) >= 11 is 0. The summed E-state index contributed by atoms with van der Waals surface area (Å²) in [5.74, 6) is -0.603. The third kappa shape index (κ3) is 3.07. The summed E-state index contributed by atoms with van der Waals surface area (Å²) in [7, 11) is 0. The Morgan fingerprint density at radius 2 is 2.05 bits per heavy atom. The molecule has 0 amide bonds. The van der Waals surface area contributed by atoms with Gasteiger partial charge in [0.05, 0.1) is 0 Å². The Hall–Kier alpha value is -1.56. The van der Waals surface area contributed by atoms with Gasteiger partial charge in [-0.2, -0.15) is 0 Å². The number of carbonyl (C=O) groups is 1. The van der Waals surface area contributed by atoms with Crippen LogP contribution in [0.25, 0.3) is 0 Å². The quantitative estimate of drug-likeness (QED) is 0.900. The fourth-order valence-corrected chi connectivity index (χ4v) is 2.25. The van der Waals surface area contributed by atoms with Crippen molar-refractivity contribution in [3.05, 3.63) is 29.3 Å². The third-order valence-corrected chi connectivity index (χ3v) is 3.36. The highest BCUT2D eigenvalue weighted by atomic mass is 19.4. The lowest BCUT2D eigenvalue weighted by Gasteiger charge is -2.31. The van der Waals surface area contributed by atoms with Crippen molar-refractivity contribution >= 4 is 5.78 Å². The predicted molar refractivity (Wildman–Crippen MR) is 60.8 cm³/mol. The number of alkyl halides is 3. The van der Waals surface area contributed by atoms with Gasteiger partial charge < -0.3 is 9.84 Å². The fourth-order valence-electron chi connectivity index (χ4n) is 2.25. The minimum absolute atomic E-state index is 0.129. The standard InChI is InChI=1S/C13H13F3O3/c1-8(17)12(18)5-4-9-6-11(19-13(14,15)16)3-2-10(9)7-12/h2-3,6,18H,4-5,7H2,1H3. The molecule has 1 N–H and O–H groups in total. The molecule has 0 aromatic heterocycles. The van der Waals surface area contributed by atoms with Crippen LogP contribution in [0.5, 0.6) is 5.75 Å². The molecule has 0 saturated heterocycles. The third-order valence-electron chi connectivity index (χ3n) is 3.36. The Kier molecular flexibility index (Phi) is 3.30. The van der Waals surface area contributed by atoms with Gasteiger partial charge in [0, 0.05) is 6.42 Å². The molecule has 0 heterocycles. The van der Waals surface area contributed by atoms with E-state index in [9.17, 15) is 23.1 Å². The van der Waals surface area contributed by atoms with Crippen LogP contribution in [-0.4, -0.2) is 22.9 Å². The van der Waals surface area contributed by atoms with Crippen LogP contribution in [0.15, 0.2) is 18.2 Å². The molecule has 19 heavy (non-hydrogen) atoms. The van der Waals surface area contributed by atoms with Crippen molar-refractivity contribution in [2.75, 3.05) is 0 Å². The molecular formula is C13H13F3O3. The first-order valence-corrected chi connectivity index (χ1v) is 5.81. The van der Waals surface area contributed by atoms with Gasteiger partial charge >= 0.3 is 6.36 Å². The van der Waals surface area contributed by atoms with Crippen molar-refractivity contribution in [1.29, 1.82) is 0 Å². The predicted octanol–water partition coefficient (Wildman–Crippen LogP) is 2.39. The summed E-state index contributed by atoms with van der Waals surface area (Å²) < 4.78 is 40.1. The van der Waals surface area contributed by atoms with E-state index in [2.05, 4.69) is 4.74 Å². The van der Waals surface area contributed by atoms with Gasteiger partial charge in [0.25, 0.3) is 0 Å². The zero-order valence-electron chi connectivity index (χ0n) is 10.3. The molecule has 1 aromatic carbocycles. The monoisotopic (exact) mass is 274 g/mol. The molecule has 0 radical (unpaired) electrons. The summed E-state index contributed by atoms with van der Waals surface area (Å²) in [4.78, 5) is 11.4. The molecule has 6 heteroatoms. The van der Waals surface area contributed by atoms with Crippen LogP contribution >= 0.6 is 0 Å². The van der Waals surface area contributed by atoms with Gasteiger partial charge in [-0.3, -0.25) is 4.79 Å². The van der Waals surface area contributed by atoms with E-state index in [1.54, 1.807) is 0 Å². The van der Waals surface area contributed by atoms with Gasteiger partial charge in [-0.1, -0.05) is 6.07 Å². The van der Waals surface area contributed by atoms with Gasteiger partial charge in [-0.15, -0.1) is 13.2 Å². The molecule has 1 aliphatic carbocycles. The van der Waals surface area contributed by atoms with E-state index in [1.807, 2.05) is 0 Å². The molecule has 0 bridgehead atoms. The molecule has 104 valence electrons. The zero-order chi connectivity index (χ0) is 14.3. The van der Waals surface area contributed by atoms with Crippen molar-refractivity contribution in [1.82, 2.24) is 0 Å². The van der Waals surface area contributed by atoms with E-state index in [1.165, 1.54) is 25.1 Å². The normalized spacial score (nSPS) is 22.8. The van der Waals surface area contributed by atoms with Crippen molar-refractivity contribution in [2.24, 2.45) is 0 Å². The summed E-state index contributed by atoms with van der Waals surface area (Å²) in [6.07, 6.45) is -4.03. The van der Waals surface area contributed by atoms with Gasteiger partial charge in [0.15, 0.2) is 5.78 Å². The first-order valence-electron chi connectivity index (χ1n) is 5.81. The highest BCUT2D eigenvalue weighted by Crippen LogP contribution is 2.33. The molecule has 1 atom stereocenters. The lowest BCUT2D eigenvalue weighted by Crippen LogP contribution is -2.42. The molecule has 2 rings (SSSR count). The number of benzene rings is 1. The molecule has 3 nitrogen and oxygen atoms in total. The molecule has 1 aliphatic rings. The minimum atomic E-state index is -4.72. The Balaban J connectivity index is 2.23. The smallest absolute Gasteiger partial charge is 0.406 e. The van der Waals surface area contributed by atoms with Gasteiger partial charge in [0.1, 0.15) is 11.4 Å². The average Bonchev–Trinajstić information content (AvgIpc) is 2.27. The van der Waals surface area contributed by atoms with Crippen molar-refractivity contribution in [2.45, 2.75) is 38.1 Å². The largest absolute Gasteiger partial charge is 0.573 e. The second-order valence-corrected chi connectivity index (χ2v) is 4.74. The van der Waals surface area contributed by atoms with Crippen LogP contribution in [0.3, 0.4) is 0 Å². The number of ketones is 1. The molecule has 0 fully saturated rings. The highest BCUT2D eigenvalue weighted by Gasteiger charge is 2.37. The molecular weight excluding hydrogens is 261 g/mol. The van der Waals surface area contributed by atoms with Crippen LogP contribution in [0.1, 0.15) is 24.5 Å². The summed E-state index contributed by atoms with van der Waals surface area (Å²) in [6, 6.07) is 3.96. The van der Waals surface area contributed by atoms with Crippen LogP contribution in [0.2, 0.25) is 0 Å². The number of Topliss-reactive ketones (excluding diaryl/α,β-unsaturated/α-hetero) is 1.